The fourth-order valence-corrected chi connectivity index (χ4v) is 1.30. The quantitative estimate of drug-likeness (QED) is 0.137. The molecule has 1 unspecified atom stereocenters. The van der Waals surface area contributed by atoms with Crippen LogP contribution in [0, 0.1) is 0 Å². The number of nitrogens with one attached hydrogen (secondary N) is 5. The Balaban J connectivity index is 4.27. The first kappa shape index (κ1) is 20.1. The van der Waals surface area contributed by atoms with Crippen LogP contribution in [-0.2, 0) is 0 Å². The van der Waals surface area contributed by atoms with Crippen molar-refractivity contribution in [2.75, 3.05) is 6.54 Å². The van der Waals surface area contributed by atoms with Gasteiger partial charge in [0.05, 0.1) is 11.4 Å². The van der Waals surface area contributed by atoms with Crippen molar-refractivity contribution in [3.8, 4) is 0 Å². The summed E-state index contributed by atoms with van der Waals surface area (Å²) < 4.78 is 0. The van der Waals surface area contributed by atoms with Crippen LogP contribution in [-0.4, -0.2) is 34.1 Å². The molecule has 122 valence electrons. The fraction of sp³-hybridized carbons (Fsp3) is 0.750. The van der Waals surface area contributed by atoms with Gasteiger partial charge in [-0.15, -0.1) is 12.6 Å². The second-order valence-electron chi connectivity index (χ2n) is 5.42. The van der Waals surface area contributed by atoms with Crippen molar-refractivity contribution in [3.05, 3.63) is 0 Å². The van der Waals surface area contributed by atoms with E-state index in [0.29, 0.717) is 5.11 Å². The van der Waals surface area contributed by atoms with Crippen LogP contribution in [0.25, 0.3) is 0 Å². The Bertz CT molecular complexity index is 388. The van der Waals surface area contributed by atoms with E-state index in [9.17, 15) is 0 Å². The van der Waals surface area contributed by atoms with Crippen LogP contribution in [0.4, 0.5) is 0 Å². The minimum atomic E-state index is -0.190. The molecular weight excluding hydrogens is 306 g/mol. The minimum absolute atomic E-state index is 0.0837. The van der Waals surface area contributed by atoms with E-state index in [2.05, 4.69) is 49.9 Å². The maximum atomic E-state index is 5.10. The second-order valence-corrected chi connectivity index (χ2v) is 6.35. The molecule has 0 aliphatic rings. The third kappa shape index (κ3) is 11.4. The molecule has 21 heavy (non-hydrogen) atoms. The van der Waals surface area contributed by atoms with Gasteiger partial charge >= 0.3 is 0 Å². The van der Waals surface area contributed by atoms with Crippen molar-refractivity contribution in [2.45, 2.75) is 52.6 Å². The van der Waals surface area contributed by atoms with Crippen LogP contribution in [0.5, 0.6) is 0 Å². The Morgan fingerprint density at radius 3 is 2.29 bits per heavy atom. The summed E-state index contributed by atoms with van der Waals surface area (Å²) in [5.41, 5.74) is 12.7. The van der Waals surface area contributed by atoms with E-state index in [1.807, 2.05) is 41.5 Å². The molecule has 7 nitrogen and oxygen atoms in total. The monoisotopic (exact) mass is 333 g/mol. The van der Waals surface area contributed by atoms with E-state index >= 15 is 0 Å². The van der Waals surface area contributed by atoms with Gasteiger partial charge in [0.2, 0.25) is 5.11 Å². The van der Waals surface area contributed by atoms with Gasteiger partial charge in [-0.3, -0.25) is 21.6 Å². The van der Waals surface area contributed by atoms with E-state index in [1.165, 1.54) is 0 Å². The second kappa shape index (κ2) is 9.93. The summed E-state index contributed by atoms with van der Waals surface area (Å²) >= 11 is 9.37. The lowest BCUT2D eigenvalue weighted by Crippen LogP contribution is -2.51. The first-order valence-electron chi connectivity index (χ1n) is 6.74. The summed E-state index contributed by atoms with van der Waals surface area (Å²) in [5, 5.41) is 11.8. The van der Waals surface area contributed by atoms with Crippen LogP contribution in [0.3, 0.4) is 0 Å². The molecule has 0 rings (SSSR count). The van der Waals surface area contributed by atoms with Gasteiger partial charge in [0.25, 0.3) is 0 Å². The van der Waals surface area contributed by atoms with E-state index in [4.69, 9.17) is 12.2 Å². The molecule has 0 aromatic heterocycles. The fourth-order valence-electron chi connectivity index (χ4n) is 0.966. The van der Waals surface area contributed by atoms with Crippen molar-refractivity contribution < 1.29 is 0 Å². The number of thiocarbonyl (C=S) groups is 1. The van der Waals surface area contributed by atoms with Gasteiger partial charge in [-0.1, -0.05) is 6.92 Å². The number of rotatable bonds is 7. The topological polar surface area (TPSA) is 84.9 Å². The lowest BCUT2D eigenvalue weighted by Gasteiger charge is -2.21. The number of hydrogen-bond donors (Lipinski definition) is 6. The standard InChI is InChI=1S/C12H27N7S2/c1-7-13-10(20)16-14-8(2)9(3)15-17-11(21)18-19-12(4,5)6/h10,13,16,19-20H,7H2,1-6H3,(H2,17,18,21)/b14-8+,15-9+. The zero-order valence-electron chi connectivity index (χ0n) is 13.5. The van der Waals surface area contributed by atoms with Crippen molar-refractivity contribution in [3.63, 3.8) is 0 Å². The molecule has 0 aliphatic carbocycles. The SMILES string of the molecule is CCNC(S)N/N=C(C)/C(C)=N/NC(=S)NNC(C)(C)C. The molecule has 0 saturated heterocycles. The molecular formula is C12H27N7S2. The molecule has 0 heterocycles. The highest BCUT2D eigenvalue weighted by Gasteiger charge is 2.08. The number of thiol groups is 1. The third-order valence-corrected chi connectivity index (χ3v) is 2.64. The van der Waals surface area contributed by atoms with Crippen molar-refractivity contribution in [2.24, 2.45) is 10.2 Å². The lowest BCUT2D eigenvalue weighted by molar-refractivity contribution is 0.402. The number of hydrazine groups is 1. The summed E-state index contributed by atoms with van der Waals surface area (Å²) in [7, 11) is 0. The number of hydrazone groups is 2. The maximum absolute atomic E-state index is 5.10. The molecule has 9 heteroatoms. The summed E-state index contributed by atoms with van der Waals surface area (Å²) in [5.74, 6) is 0. The molecule has 5 N–H and O–H groups in total. The molecule has 0 saturated carbocycles. The highest BCUT2D eigenvalue weighted by atomic mass is 32.1. The summed E-state index contributed by atoms with van der Waals surface area (Å²) in [4.78, 5) is 0. The van der Waals surface area contributed by atoms with Gasteiger partial charge in [-0.05, 0) is 53.4 Å². The third-order valence-electron chi connectivity index (χ3n) is 2.15. The normalized spacial score (nSPS) is 14.6. The zero-order chi connectivity index (χ0) is 16.5. The molecule has 0 aromatic rings. The zero-order valence-corrected chi connectivity index (χ0v) is 15.2. The van der Waals surface area contributed by atoms with Crippen LogP contribution >= 0.6 is 24.8 Å². The predicted molar refractivity (Wildman–Crippen MR) is 97.6 cm³/mol. The first-order chi connectivity index (χ1) is 9.65. The van der Waals surface area contributed by atoms with Crippen LogP contribution < -0.4 is 27.0 Å². The van der Waals surface area contributed by atoms with E-state index in [1.54, 1.807) is 0 Å². The van der Waals surface area contributed by atoms with Crippen LogP contribution in [0.15, 0.2) is 10.2 Å². The average Bonchev–Trinajstić information content (AvgIpc) is 2.39. The summed E-state index contributed by atoms with van der Waals surface area (Å²) in [6.07, 6.45) is 0. The van der Waals surface area contributed by atoms with E-state index in [-0.39, 0.29) is 11.0 Å². The van der Waals surface area contributed by atoms with Crippen molar-refractivity contribution >= 4 is 41.4 Å². The lowest BCUT2D eigenvalue weighted by atomic mass is 10.1. The summed E-state index contributed by atoms with van der Waals surface area (Å²) in [6, 6.07) is 0. The van der Waals surface area contributed by atoms with Gasteiger partial charge in [-0.2, -0.15) is 10.2 Å². The molecule has 0 spiro atoms. The molecule has 1 atom stereocenters. The molecule has 0 aliphatic heterocycles. The molecule has 0 aromatic carbocycles. The molecule has 0 radical (unpaired) electrons. The smallest absolute Gasteiger partial charge is 0.201 e. The van der Waals surface area contributed by atoms with E-state index < -0.39 is 0 Å². The van der Waals surface area contributed by atoms with Crippen LogP contribution in [0.1, 0.15) is 41.5 Å². The Labute approximate surface area is 138 Å². The van der Waals surface area contributed by atoms with Crippen molar-refractivity contribution in [1.82, 2.24) is 27.0 Å². The Morgan fingerprint density at radius 2 is 1.76 bits per heavy atom. The van der Waals surface area contributed by atoms with Crippen LogP contribution in [0.2, 0.25) is 0 Å². The summed E-state index contributed by atoms with van der Waals surface area (Å²) in [6.45, 7) is 12.6. The predicted octanol–water partition coefficient (Wildman–Crippen LogP) is 0.918. The maximum Gasteiger partial charge on any atom is 0.201 e. The molecule has 0 bridgehead atoms. The highest BCUT2D eigenvalue weighted by Crippen LogP contribution is 1.95. The number of nitrogens with zero attached hydrogens (tertiary/aromatic N) is 2. The van der Waals surface area contributed by atoms with Gasteiger partial charge in [-0.25, -0.2) is 5.43 Å². The largest absolute Gasteiger partial charge is 0.296 e. The van der Waals surface area contributed by atoms with E-state index in [0.717, 1.165) is 18.0 Å². The average molecular weight is 334 g/mol. The highest BCUT2D eigenvalue weighted by molar-refractivity contribution is 7.80. The Morgan fingerprint density at radius 1 is 1.19 bits per heavy atom. The Kier molecular flexibility index (Phi) is 9.51. The van der Waals surface area contributed by atoms with Crippen molar-refractivity contribution in [1.29, 1.82) is 0 Å². The van der Waals surface area contributed by atoms with Gasteiger partial charge in [0, 0.05) is 5.54 Å². The molecule has 0 amide bonds. The van der Waals surface area contributed by atoms with Gasteiger partial charge < -0.3 is 0 Å². The Hall–Kier alpha value is -0.900. The van der Waals surface area contributed by atoms with Gasteiger partial charge in [0.15, 0.2) is 0 Å². The minimum Gasteiger partial charge on any atom is -0.296 e. The molecule has 0 fully saturated rings. The first-order valence-corrected chi connectivity index (χ1v) is 7.67. The number of hydrogen-bond acceptors (Lipinski definition) is 7. The van der Waals surface area contributed by atoms with Gasteiger partial charge in [0.1, 0.15) is 5.50 Å².